The van der Waals surface area contributed by atoms with Crippen molar-refractivity contribution in [2.75, 3.05) is 11.9 Å². The molecular formula is C13H18N2O2. The summed E-state index contributed by atoms with van der Waals surface area (Å²) in [4.78, 5) is 12.0. The van der Waals surface area contributed by atoms with Crippen molar-refractivity contribution in [1.82, 2.24) is 5.32 Å². The monoisotopic (exact) mass is 234 g/mol. The van der Waals surface area contributed by atoms with E-state index in [0.29, 0.717) is 11.6 Å². The number of rotatable bonds is 2. The first-order valence-corrected chi connectivity index (χ1v) is 6.00. The molecule has 0 aliphatic carbocycles. The van der Waals surface area contributed by atoms with Crippen LogP contribution >= 0.6 is 0 Å². The number of amides is 1. The number of piperidine rings is 1. The molecule has 1 aliphatic rings. The summed E-state index contributed by atoms with van der Waals surface area (Å²) in [6.07, 6.45) is 2.21. The summed E-state index contributed by atoms with van der Waals surface area (Å²) in [7, 11) is 0. The minimum absolute atomic E-state index is 0.00268. The Labute approximate surface area is 101 Å². The highest BCUT2D eigenvalue weighted by atomic mass is 16.3. The summed E-state index contributed by atoms with van der Waals surface area (Å²) in [6.45, 7) is 2.99. The van der Waals surface area contributed by atoms with Gasteiger partial charge in [-0.2, -0.15) is 0 Å². The number of phenols is 1. The van der Waals surface area contributed by atoms with Crippen molar-refractivity contribution in [1.29, 1.82) is 0 Å². The lowest BCUT2D eigenvalue weighted by atomic mass is 9.92. The number of hydrogen-bond acceptors (Lipinski definition) is 3. The van der Waals surface area contributed by atoms with Crippen LogP contribution in [0.15, 0.2) is 24.3 Å². The molecule has 1 saturated heterocycles. The fraction of sp³-hybridized carbons (Fsp3) is 0.462. The fourth-order valence-corrected chi connectivity index (χ4v) is 2.17. The largest absolute Gasteiger partial charge is 0.508 e. The van der Waals surface area contributed by atoms with E-state index in [1.165, 1.54) is 0 Å². The van der Waals surface area contributed by atoms with Crippen LogP contribution in [0.5, 0.6) is 5.75 Å². The molecule has 1 fully saturated rings. The highest BCUT2D eigenvalue weighted by Gasteiger charge is 2.27. The van der Waals surface area contributed by atoms with Gasteiger partial charge in [0.1, 0.15) is 5.75 Å². The van der Waals surface area contributed by atoms with Crippen molar-refractivity contribution in [3.05, 3.63) is 24.3 Å². The zero-order valence-electron chi connectivity index (χ0n) is 9.94. The first-order chi connectivity index (χ1) is 8.16. The van der Waals surface area contributed by atoms with Gasteiger partial charge in [0.05, 0.1) is 6.04 Å². The van der Waals surface area contributed by atoms with Crippen LogP contribution in [0, 0.1) is 5.92 Å². The average Bonchev–Trinajstić information content (AvgIpc) is 2.32. The molecule has 2 unspecified atom stereocenters. The van der Waals surface area contributed by atoms with Crippen molar-refractivity contribution in [3.8, 4) is 5.75 Å². The lowest BCUT2D eigenvalue weighted by Gasteiger charge is -2.28. The SMILES string of the molecule is CC1CCCNC1C(=O)Nc1ccc(O)cc1. The molecule has 4 nitrogen and oxygen atoms in total. The Bertz CT molecular complexity index is 389. The Kier molecular flexibility index (Phi) is 3.64. The van der Waals surface area contributed by atoms with Crippen molar-refractivity contribution in [2.24, 2.45) is 5.92 Å². The summed E-state index contributed by atoms with van der Waals surface area (Å²) >= 11 is 0. The molecule has 3 N–H and O–H groups in total. The highest BCUT2D eigenvalue weighted by Crippen LogP contribution is 2.18. The van der Waals surface area contributed by atoms with Crippen molar-refractivity contribution < 1.29 is 9.90 Å². The van der Waals surface area contributed by atoms with Gasteiger partial charge in [0, 0.05) is 5.69 Å². The maximum absolute atomic E-state index is 12.0. The zero-order chi connectivity index (χ0) is 12.3. The highest BCUT2D eigenvalue weighted by molar-refractivity contribution is 5.95. The van der Waals surface area contributed by atoms with Crippen molar-refractivity contribution in [2.45, 2.75) is 25.8 Å². The third kappa shape index (κ3) is 2.97. The zero-order valence-corrected chi connectivity index (χ0v) is 9.94. The normalized spacial score (nSPS) is 24.3. The first-order valence-electron chi connectivity index (χ1n) is 6.00. The Morgan fingerprint density at radius 1 is 1.41 bits per heavy atom. The number of carbonyl (C=O) groups excluding carboxylic acids is 1. The van der Waals surface area contributed by atoms with Crippen LogP contribution in [-0.2, 0) is 4.79 Å². The number of carbonyl (C=O) groups is 1. The molecule has 0 saturated carbocycles. The molecule has 1 aromatic carbocycles. The Morgan fingerprint density at radius 3 is 2.76 bits per heavy atom. The summed E-state index contributed by atoms with van der Waals surface area (Å²) < 4.78 is 0. The van der Waals surface area contributed by atoms with Crippen LogP contribution in [0.3, 0.4) is 0 Å². The molecule has 17 heavy (non-hydrogen) atoms. The predicted octanol–water partition coefficient (Wildman–Crippen LogP) is 1.72. The summed E-state index contributed by atoms with van der Waals surface area (Å²) in [5, 5.41) is 15.3. The van der Waals surface area contributed by atoms with E-state index in [4.69, 9.17) is 5.11 Å². The van der Waals surface area contributed by atoms with Gasteiger partial charge in [0.15, 0.2) is 0 Å². The minimum Gasteiger partial charge on any atom is -0.508 e. The van der Waals surface area contributed by atoms with E-state index in [2.05, 4.69) is 17.6 Å². The van der Waals surface area contributed by atoms with Gasteiger partial charge < -0.3 is 15.7 Å². The van der Waals surface area contributed by atoms with Gasteiger partial charge in [-0.3, -0.25) is 4.79 Å². The number of nitrogens with one attached hydrogen (secondary N) is 2. The van der Waals surface area contributed by atoms with Gasteiger partial charge in [0.25, 0.3) is 0 Å². The summed E-state index contributed by atoms with van der Waals surface area (Å²) in [5.41, 5.74) is 0.715. The van der Waals surface area contributed by atoms with E-state index in [-0.39, 0.29) is 17.7 Å². The predicted molar refractivity (Wildman–Crippen MR) is 66.9 cm³/mol. The van der Waals surface area contributed by atoms with Gasteiger partial charge in [-0.1, -0.05) is 6.92 Å². The number of anilines is 1. The lowest BCUT2D eigenvalue weighted by Crippen LogP contribution is -2.48. The molecule has 1 heterocycles. The van der Waals surface area contributed by atoms with E-state index < -0.39 is 0 Å². The second-order valence-corrected chi connectivity index (χ2v) is 4.59. The van der Waals surface area contributed by atoms with Gasteiger partial charge in [-0.05, 0) is 49.6 Å². The molecule has 2 rings (SSSR count). The number of benzene rings is 1. The van der Waals surface area contributed by atoms with Crippen LogP contribution in [0.4, 0.5) is 5.69 Å². The number of phenolic OH excluding ortho intramolecular Hbond substituents is 1. The maximum atomic E-state index is 12.0. The van der Waals surface area contributed by atoms with E-state index in [1.807, 2.05) is 0 Å². The Hall–Kier alpha value is -1.55. The maximum Gasteiger partial charge on any atom is 0.241 e. The minimum atomic E-state index is -0.113. The third-order valence-electron chi connectivity index (χ3n) is 3.19. The Balaban J connectivity index is 1.98. The summed E-state index contributed by atoms with van der Waals surface area (Å²) in [6, 6.07) is 6.40. The molecule has 0 spiro atoms. The number of aromatic hydroxyl groups is 1. The van der Waals surface area contributed by atoms with Crippen LogP contribution in [0.1, 0.15) is 19.8 Å². The van der Waals surface area contributed by atoms with Gasteiger partial charge >= 0.3 is 0 Å². The second-order valence-electron chi connectivity index (χ2n) is 4.59. The molecule has 2 atom stereocenters. The van der Waals surface area contributed by atoms with Crippen LogP contribution in [0.2, 0.25) is 0 Å². The molecule has 92 valence electrons. The molecule has 0 radical (unpaired) electrons. The number of hydrogen-bond donors (Lipinski definition) is 3. The lowest BCUT2D eigenvalue weighted by molar-refractivity contribution is -0.119. The summed E-state index contributed by atoms with van der Waals surface area (Å²) in [5.74, 6) is 0.566. The van der Waals surface area contributed by atoms with Crippen LogP contribution in [-0.4, -0.2) is 23.6 Å². The molecule has 1 aromatic rings. The van der Waals surface area contributed by atoms with E-state index in [0.717, 1.165) is 19.4 Å². The van der Waals surface area contributed by atoms with E-state index >= 15 is 0 Å². The molecule has 1 amide bonds. The van der Waals surface area contributed by atoms with Gasteiger partial charge in [-0.15, -0.1) is 0 Å². The third-order valence-corrected chi connectivity index (χ3v) is 3.19. The van der Waals surface area contributed by atoms with Gasteiger partial charge in [-0.25, -0.2) is 0 Å². The van der Waals surface area contributed by atoms with E-state index in [1.54, 1.807) is 24.3 Å². The standard InChI is InChI=1S/C13H18N2O2/c1-9-3-2-8-14-12(9)13(17)15-10-4-6-11(16)7-5-10/h4-7,9,12,14,16H,2-3,8H2,1H3,(H,15,17). The van der Waals surface area contributed by atoms with Gasteiger partial charge in [0.2, 0.25) is 5.91 Å². The molecule has 4 heteroatoms. The molecule has 1 aliphatic heterocycles. The average molecular weight is 234 g/mol. The quantitative estimate of drug-likeness (QED) is 0.683. The van der Waals surface area contributed by atoms with Crippen molar-refractivity contribution in [3.63, 3.8) is 0 Å². The van der Waals surface area contributed by atoms with E-state index in [9.17, 15) is 4.79 Å². The smallest absolute Gasteiger partial charge is 0.241 e. The van der Waals surface area contributed by atoms with Crippen molar-refractivity contribution >= 4 is 11.6 Å². The fourth-order valence-electron chi connectivity index (χ4n) is 2.17. The first kappa shape index (κ1) is 11.9. The second kappa shape index (κ2) is 5.19. The topological polar surface area (TPSA) is 61.4 Å². The van der Waals surface area contributed by atoms with Crippen LogP contribution in [0.25, 0.3) is 0 Å². The van der Waals surface area contributed by atoms with Crippen LogP contribution < -0.4 is 10.6 Å². The molecule has 0 bridgehead atoms. The Morgan fingerprint density at radius 2 is 2.12 bits per heavy atom. The molecular weight excluding hydrogens is 216 g/mol. The molecule has 0 aromatic heterocycles.